The van der Waals surface area contributed by atoms with E-state index in [1.54, 1.807) is 0 Å². The molecule has 0 spiro atoms. The Balaban J connectivity index is 2.19. The van der Waals surface area contributed by atoms with Gasteiger partial charge in [-0.05, 0) is 23.8 Å². The van der Waals surface area contributed by atoms with Crippen LogP contribution in [0, 0.1) is 0 Å². The predicted molar refractivity (Wildman–Crippen MR) is 72.5 cm³/mol. The number of halogens is 2. The zero-order valence-corrected chi connectivity index (χ0v) is 11.1. The molecule has 1 aromatic rings. The molecule has 1 heterocycles. The third kappa shape index (κ3) is 2.75. The van der Waals surface area contributed by atoms with Gasteiger partial charge in [-0.25, -0.2) is 0 Å². The van der Waals surface area contributed by atoms with Gasteiger partial charge < -0.3 is 5.32 Å². The van der Waals surface area contributed by atoms with E-state index in [4.69, 9.17) is 23.2 Å². The summed E-state index contributed by atoms with van der Waals surface area (Å²) in [5.74, 6) is 1.09. The zero-order chi connectivity index (χ0) is 11.5. The van der Waals surface area contributed by atoms with Crippen LogP contribution in [0.5, 0.6) is 0 Å². The maximum Gasteiger partial charge on any atom is 0.0545 e. The third-order valence-electron chi connectivity index (χ3n) is 2.57. The van der Waals surface area contributed by atoms with Gasteiger partial charge in [0.1, 0.15) is 0 Å². The maximum absolute atomic E-state index is 6.18. The summed E-state index contributed by atoms with van der Waals surface area (Å²) < 4.78 is 0. The molecule has 2 rings (SSSR count). The van der Waals surface area contributed by atoms with Crippen LogP contribution in [0.15, 0.2) is 34.7 Å². The summed E-state index contributed by atoms with van der Waals surface area (Å²) in [6.07, 6.45) is 1.10. The second-order valence-electron chi connectivity index (χ2n) is 3.75. The lowest BCUT2D eigenvalue weighted by Crippen LogP contribution is -2.25. The van der Waals surface area contributed by atoms with Crippen LogP contribution >= 0.6 is 35.0 Å². The molecule has 1 aliphatic rings. The fourth-order valence-electron chi connectivity index (χ4n) is 1.83. The Kier molecular flexibility index (Phi) is 4.20. The summed E-state index contributed by atoms with van der Waals surface area (Å²) in [4.78, 5) is 1.20. The average molecular weight is 274 g/mol. The summed E-state index contributed by atoms with van der Waals surface area (Å²) in [7, 11) is 0. The topological polar surface area (TPSA) is 12.0 Å². The monoisotopic (exact) mass is 273 g/mol. The van der Waals surface area contributed by atoms with Crippen molar-refractivity contribution in [1.82, 2.24) is 5.32 Å². The maximum atomic E-state index is 6.18. The quantitative estimate of drug-likeness (QED) is 0.885. The van der Waals surface area contributed by atoms with E-state index in [9.17, 15) is 0 Å². The Morgan fingerprint density at radius 2 is 2.38 bits per heavy atom. The van der Waals surface area contributed by atoms with Crippen molar-refractivity contribution in [2.75, 3.05) is 12.3 Å². The minimum atomic E-state index is 0.338. The fraction of sp³-hybridized carbons (Fsp3) is 0.333. The number of hydrogen-bond acceptors (Lipinski definition) is 2. The molecule has 0 saturated carbocycles. The van der Waals surface area contributed by atoms with Gasteiger partial charge in [0.15, 0.2) is 0 Å². The number of nitrogens with one attached hydrogen (secondary N) is 1. The molecule has 16 heavy (non-hydrogen) atoms. The smallest absolute Gasteiger partial charge is 0.0545 e. The Labute approximate surface area is 110 Å². The van der Waals surface area contributed by atoms with Crippen molar-refractivity contribution >= 4 is 35.0 Å². The largest absolute Gasteiger partial charge is 0.305 e. The van der Waals surface area contributed by atoms with E-state index < -0.39 is 0 Å². The number of fused-ring (bicyclic) bond motifs is 1. The van der Waals surface area contributed by atoms with Crippen molar-refractivity contribution in [1.29, 1.82) is 0 Å². The lowest BCUT2D eigenvalue weighted by Gasteiger charge is -2.26. The van der Waals surface area contributed by atoms with Crippen molar-refractivity contribution in [2.45, 2.75) is 17.4 Å². The first-order chi connectivity index (χ1) is 7.68. The van der Waals surface area contributed by atoms with Gasteiger partial charge in [-0.15, -0.1) is 11.8 Å². The molecule has 86 valence electrons. The van der Waals surface area contributed by atoms with E-state index in [1.807, 2.05) is 23.9 Å². The Hall–Kier alpha value is -0.150. The first-order valence-electron chi connectivity index (χ1n) is 5.16. The predicted octanol–water partition coefficient (Wildman–Crippen LogP) is 4.22. The van der Waals surface area contributed by atoms with E-state index in [0.717, 1.165) is 17.2 Å². The Bertz CT molecular complexity index is 406. The van der Waals surface area contributed by atoms with Crippen LogP contribution in [0.3, 0.4) is 0 Å². The van der Waals surface area contributed by atoms with Crippen molar-refractivity contribution in [3.63, 3.8) is 0 Å². The summed E-state index contributed by atoms with van der Waals surface area (Å²) in [6.45, 7) is 4.33. The van der Waals surface area contributed by atoms with Gasteiger partial charge in [0.2, 0.25) is 0 Å². The van der Waals surface area contributed by atoms with Crippen molar-refractivity contribution in [3.05, 3.63) is 40.4 Å². The molecule has 0 aromatic heterocycles. The molecule has 1 aromatic carbocycles. The van der Waals surface area contributed by atoms with Crippen LogP contribution in [0.25, 0.3) is 0 Å². The zero-order valence-electron chi connectivity index (χ0n) is 8.80. The van der Waals surface area contributed by atoms with Crippen LogP contribution in [0.4, 0.5) is 0 Å². The SMILES string of the molecule is C=C(Cl)CNC1CCSc2c(Cl)cccc21. The van der Waals surface area contributed by atoms with Crippen LogP contribution in [-0.4, -0.2) is 12.3 Å². The minimum absolute atomic E-state index is 0.338. The standard InChI is InChI=1S/C12H13Cl2NS/c1-8(13)7-15-11-5-6-16-12-9(11)3-2-4-10(12)14/h2-4,11,15H,1,5-7H2. The summed E-state index contributed by atoms with van der Waals surface area (Å²) in [6, 6.07) is 6.40. The van der Waals surface area contributed by atoms with Crippen LogP contribution in [0.2, 0.25) is 5.02 Å². The van der Waals surface area contributed by atoms with E-state index in [2.05, 4.69) is 18.0 Å². The van der Waals surface area contributed by atoms with Crippen LogP contribution in [0.1, 0.15) is 18.0 Å². The van der Waals surface area contributed by atoms with E-state index in [-0.39, 0.29) is 0 Å². The lowest BCUT2D eigenvalue weighted by molar-refractivity contribution is 0.539. The molecule has 1 aliphatic heterocycles. The molecular formula is C12H13Cl2NS. The van der Waals surface area contributed by atoms with Gasteiger partial charge in [0.25, 0.3) is 0 Å². The highest BCUT2D eigenvalue weighted by Crippen LogP contribution is 2.40. The van der Waals surface area contributed by atoms with Crippen LogP contribution < -0.4 is 5.32 Å². The minimum Gasteiger partial charge on any atom is -0.305 e. The van der Waals surface area contributed by atoms with E-state index >= 15 is 0 Å². The molecule has 1 atom stereocenters. The van der Waals surface area contributed by atoms with Gasteiger partial charge in [-0.3, -0.25) is 0 Å². The Morgan fingerprint density at radius 3 is 3.12 bits per heavy atom. The number of thioether (sulfide) groups is 1. The van der Waals surface area contributed by atoms with Crippen LogP contribution in [-0.2, 0) is 0 Å². The van der Waals surface area contributed by atoms with Crippen molar-refractivity contribution in [3.8, 4) is 0 Å². The first-order valence-corrected chi connectivity index (χ1v) is 6.90. The van der Waals surface area contributed by atoms with Gasteiger partial charge in [-0.1, -0.05) is 41.9 Å². The molecule has 0 bridgehead atoms. The van der Waals surface area contributed by atoms with Crippen molar-refractivity contribution < 1.29 is 0 Å². The number of benzene rings is 1. The molecule has 0 aliphatic carbocycles. The molecule has 4 heteroatoms. The first kappa shape index (κ1) is 12.3. The van der Waals surface area contributed by atoms with Crippen molar-refractivity contribution in [2.24, 2.45) is 0 Å². The molecular weight excluding hydrogens is 261 g/mol. The second-order valence-corrected chi connectivity index (χ2v) is 5.79. The second kappa shape index (κ2) is 5.46. The van der Waals surface area contributed by atoms with E-state index in [1.165, 1.54) is 10.5 Å². The summed E-state index contributed by atoms with van der Waals surface area (Å²) in [5, 5.41) is 4.89. The summed E-state index contributed by atoms with van der Waals surface area (Å²) >= 11 is 13.8. The molecule has 0 amide bonds. The number of rotatable bonds is 3. The molecule has 1 N–H and O–H groups in total. The summed E-state index contributed by atoms with van der Waals surface area (Å²) in [5.41, 5.74) is 1.28. The van der Waals surface area contributed by atoms with Gasteiger partial charge in [0, 0.05) is 22.5 Å². The molecule has 1 nitrogen and oxygen atoms in total. The third-order valence-corrected chi connectivity index (χ3v) is 4.31. The molecule has 1 unspecified atom stereocenters. The van der Waals surface area contributed by atoms with Gasteiger partial charge in [0.05, 0.1) is 5.02 Å². The molecule has 0 radical (unpaired) electrons. The fourth-order valence-corrected chi connectivity index (χ4v) is 3.40. The highest BCUT2D eigenvalue weighted by Gasteiger charge is 2.21. The lowest BCUT2D eigenvalue weighted by atomic mass is 10.0. The number of hydrogen-bond donors (Lipinski definition) is 1. The highest BCUT2D eigenvalue weighted by molar-refractivity contribution is 7.99. The van der Waals surface area contributed by atoms with Gasteiger partial charge >= 0.3 is 0 Å². The Morgan fingerprint density at radius 1 is 1.56 bits per heavy atom. The highest BCUT2D eigenvalue weighted by atomic mass is 35.5. The van der Waals surface area contributed by atoms with E-state index in [0.29, 0.717) is 17.6 Å². The normalized spacial score (nSPS) is 19.2. The van der Waals surface area contributed by atoms with Gasteiger partial charge in [-0.2, -0.15) is 0 Å². The molecule has 0 fully saturated rings. The molecule has 0 saturated heterocycles. The average Bonchev–Trinajstić information content (AvgIpc) is 2.27.